The number of aliphatic hydroxyl groups is 1. The molecule has 0 saturated carbocycles. The van der Waals surface area contributed by atoms with Crippen LogP contribution in [0.3, 0.4) is 0 Å². The second-order valence-corrected chi connectivity index (χ2v) is 3.03. The molecule has 0 amide bonds. The fourth-order valence-corrected chi connectivity index (χ4v) is 0.956. The molecule has 0 aliphatic rings. The topological polar surface area (TPSA) is 86.2 Å². The highest BCUT2D eigenvalue weighted by atomic mass is 16.5. The van der Waals surface area contributed by atoms with E-state index in [0.717, 1.165) is 5.69 Å². The van der Waals surface area contributed by atoms with Gasteiger partial charge in [-0.3, -0.25) is 0 Å². The average molecular weight is 200 g/mol. The molecule has 1 aromatic rings. The zero-order valence-electron chi connectivity index (χ0n) is 8.26. The molecule has 3 N–H and O–H groups in total. The Morgan fingerprint density at radius 2 is 2.43 bits per heavy atom. The molecular weight excluding hydrogens is 184 g/mol. The SMILES string of the molecule is CC(N)c1cn(CCOCCO)nn1. The van der Waals surface area contributed by atoms with Crippen LogP contribution in [0.2, 0.25) is 0 Å². The van der Waals surface area contributed by atoms with Gasteiger partial charge < -0.3 is 15.6 Å². The summed E-state index contributed by atoms with van der Waals surface area (Å²) in [6.45, 7) is 3.40. The van der Waals surface area contributed by atoms with Crippen LogP contribution in [0.25, 0.3) is 0 Å². The summed E-state index contributed by atoms with van der Waals surface area (Å²) in [4.78, 5) is 0. The van der Waals surface area contributed by atoms with Crippen molar-refractivity contribution in [2.45, 2.75) is 19.5 Å². The highest BCUT2D eigenvalue weighted by Gasteiger charge is 2.04. The molecule has 6 nitrogen and oxygen atoms in total. The van der Waals surface area contributed by atoms with Crippen LogP contribution in [0.5, 0.6) is 0 Å². The Morgan fingerprint density at radius 1 is 1.64 bits per heavy atom. The van der Waals surface area contributed by atoms with E-state index in [1.807, 2.05) is 6.92 Å². The van der Waals surface area contributed by atoms with Crippen molar-refractivity contribution in [3.05, 3.63) is 11.9 Å². The van der Waals surface area contributed by atoms with Crippen LogP contribution >= 0.6 is 0 Å². The average Bonchev–Trinajstić information content (AvgIpc) is 2.61. The molecular formula is C8H16N4O2. The summed E-state index contributed by atoms with van der Waals surface area (Å²) in [5, 5.41) is 16.2. The van der Waals surface area contributed by atoms with E-state index in [1.165, 1.54) is 0 Å². The van der Waals surface area contributed by atoms with Gasteiger partial charge in [0.2, 0.25) is 0 Å². The van der Waals surface area contributed by atoms with Gasteiger partial charge in [0.1, 0.15) is 0 Å². The molecule has 0 spiro atoms. The largest absolute Gasteiger partial charge is 0.394 e. The van der Waals surface area contributed by atoms with Gasteiger partial charge in [0.05, 0.1) is 38.3 Å². The molecule has 1 unspecified atom stereocenters. The van der Waals surface area contributed by atoms with E-state index >= 15 is 0 Å². The minimum Gasteiger partial charge on any atom is -0.394 e. The first-order valence-electron chi connectivity index (χ1n) is 4.58. The molecule has 0 fully saturated rings. The van der Waals surface area contributed by atoms with E-state index in [9.17, 15) is 0 Å². The maximum absolute atomic E-state index is 8.46. The Morgan fingerprint density at radius 3 is 3.00 bits per heavy atom. The van der Waals surface area contributed by atoms with Gasteiger partial charge in [0.15, 0.2) is 0 Å². The summed E-state index contributed by atoms with van der Waals surface area (Å²) in [7, 11) is 0. The molecule has 0 aliphatic heterocycles. The monoisotopic (exact) mass is 200 g/mol. The van der Waals surface area contributed by atoms with Gasteiger partial charge >= 0.3 is 0 Å². The summed E-state index contributed by atoms with van der Waals surface area (Å²) in [6.07, 6.45) is 1.80. The van der Waals surface area contributed by atoms with Gasteiger partial charge in [-0.25, -0.2) is 4.68 Å². The van der Waals surface area contributed by atoms with E-state index in [2.05, 4.69) is 10.3 Å². The lowest BCUT2D eigenvalue weighted by molar-refractivity contribution is 0.0851. The molecule has 0 radical (unpaired) electrons. The number of hydrogen-bond donors (Lipinski definition) is 2. The Bertz CT molecular complexity index is 262. The fourth-order valence-electron chi connectivity index (χ4n) is 0.956. The first-order valence-corrected chi connectivity index (χ1v) is 4.58. The van der Waals surface area contributed by atoms with Crippen LogP contribution in [0.4, 0.5) is 0 Å². The molecule has 1 aromatic heterocycles. The predicted molar refractivity (Wildman–Crippen MR) is 50.5 cm³/mol. The number of aromatic nitrogens is 3. The third-order valence-electron chi connectivity index (χ3n) is 1.72. The lowest BCUT2D eigenvalue weighted by atomic mass is 10.3. The molecule has 0 aromatic carbocycles. The van der Waals surface area contributed by atoms with Crippen LogP contribution in [0, 0.1) is 0 Å². The van der Waals surface area contributed by atoms with Crippen LogP contribution in [0.1, 0.15) is 18.7 Å². The Kier molecular flexibility index (Phi) is 4.51. The van der Waals surface area contributed by atoms with E-state index in [0.29, 0.717) is 19.8 Å². The first kappa shape index (κ1) is 11.1. The molecule has 14 heavy (non-hydrogen) atoms. The number of ether oxygens (including phenoxy) is 1. The number of rotatable bonds is 6. The minimum atomic E-state index is -0.0953. The third kappa shape index (κ3) is 3.41. The van der Waals surface area contributed by atoms with E-state index in [1.54, 1.807) is 10.9 Å². The van der Waals surface area contributed by atoms with E-state index < -0.39 is 0 Å². The maximum atomic E-state index is 8.46. The standard InChI is InChI=1S/C8H16N4O2/c1-7(9)8-6-12(11-10-8)2-4-14-5-3-13/h6-7,13H,2-5,9H2,1H3. The molecule has 0 saturated heterocycles. The van der Waals surface area contributed by atoms with Crippen molar-refractivity contribution in [2.75, 3.05) is 19.8 Å². The summed E-state index contributed by atoms with van der Waals surface area (Å²) < 4.78 is 6.76. The molecule has 1 heterocycles. The molecule has 1 rings (SSSR count). The van der Waals surface area contributed by atoms with Gasteiger partial charge in [-0.05, 0) is 6.92 Å². The number of nitrogens with two attached hydrogens (primary N) is 1. The fraction of sp³-hybridized carbons (Fsp3) is 0.750. The van der Waals surface area contributed by atoms with Crippen molar-refractivity contribution in [3.63, 3.8) is 0 Å². The number of hydrogen-bond acceptors (Lipinski definition) is 5. The maximum Gasteiger partial charge on any atom is 0.0991 e. The second-order valence-electron chi connectivity index (χ2n) is 3.03. The normalized spacial score (nSPS) is 13.1. The smallest absolute Gasteiger partial charge is 0.0991 e. The Labute approximate surface area is 82.7 Å². The van der Waals surface area contributed by atoms with Crippen molar-refractivity contribution in [1.82, 2.24) is 15.0 Å². The van der Waals surface area contributed by atoms with Crippen molar-refractivity contribution in [1.29, 1.82) is 0 Å². The Balaban J connectivity index is 2.29. The Hall–Kier alpha value is -0.980. The highest BCUT2D eigenvalue weighted by molar-refractivity contribution is 4.97. The van der Waals surface area contributed by atoms with Gasteiger partial charge in [-0.1, -0.05) is 5.21 Å². The lowest BCUT2D eigenvalue weighted by Gasteiger charge is -2.01. The minimum absolute atomic E-state index is 0.0441. The number of aliphatic hydroxyl groups excluding tert-OH is 1. The van der Waals surface area contributed by atoms with E-state index in [4.69, 9.17) is 15.6 Å². The number of nitrogens with zero attached hydrogens (tertiary/aromatic N) is 3. The van der Waals surface area contributed by atoms with E-state index in [-0.39, 0.29) is 12.6 Å². The zero-order chi connectivity index (χ0) is 10.4. The van der Waals surface area contributed by atoms with Gasteiger partial charge in [0, 0.05) is 6.04 Å². The first-order chi connectivity index (χ1) is 6.74. The van der Waals surface area contributed by atoms with Crippen molar-refractivity contribution < 1.29 is 9.84 Å². The summed E-state index contributed by atoms with van der Waals surface area (Å²) >= 11 is 0. The lowest BCUT2D eigenvalue weighted by Crippen LogP contribution is -2.09. The molecule has 6 heteroatoms. The summed E-state index contributed by atoms with van der Waals surface area (Å²) in [5.74, 6) is 0. The van der Waals surface area contributed by atoms with Gasteiger partial charge in [-0.2, -0.15) is 0 Å². The zero-order valence-corrected chi connectivity index (χ0v) is 8.26. The predicted octanol–water partition coefficient (Wildman–Crippen LogP) is -0.693. The van der Waals surface area contributed by atoms with Gasteiger partial charge in [-0.15, -0.1) is 5.10 Å². The van der Waals surface area contributed by atoms with Crippen LogP contribution in [0.15, 0.2) is 6.20 Å². The second kappa shape index (κ2) is 5.69. The summed E-state index contributed by atoms with van der Waals surface area (Å²) in [5.41, 5.74) is 6.39. The van der Waals surface area contributed by atoms with Crippen molar-refractivity contribution in [3.8, 4) is 0 Å². The molecule has 1 atom stereocenters. The van der Waals surface area contributed by atoms with Gasteiger partial charge in [0.25, 0.3) is 0 Å². The van der Waals surface area contributed by atoms with Crippen LogP contribution in [-0.2, 0) is 11.3 Å². The highest BCUT2D eigenvalue weighted by Crippen LogP contribution is 2.02. The molecule has 0 bridgehead atoms. The van der Waals surface area contributed by atoms with Crippen LogP contribution < -0.4 is 5.73 Å². The molecule has 0 aliphatic carbocycles. The third-order valence-corrected chi connectivity index (χ3v) is 1.72. The van der Waals surface area contributed by atoms with Crippen molar-refractivity contribution >= 4 is 0 Å². The summed E-state index contributed by atoms with van der Waals surface area (Å²) in [6, 6.07) is -0.0953. The molecule has 80 valence electrons. The van der Waals surface area contributed by atoms with Crippen molar-refractivity contribution in [2.24, 2.45) is 5.73 Å². The quantitative estimate of drug-likeness (QED) is 0.593. The van der Waals surface area contributed by atoms with Crippen LogP contribution in [-0.4, -0.2) is 39.9 Å².